The number of piperazine rings is 1. The average Bonchev–Trinajstić information content (AvgIpc) is 3.24. The van der Waals surface area contributed by atoms with Crippen molar-refractivity contribution >= 4 is 34.1 Å². The molecule has 8 nitrogen and oxygen atoms in total. The minimum Gasteiger partial charge on any atom is -0.368 e. The highest BCUT2D eigenvalue weighted by Crippen LogP contribution is 2.25. The first-order valence-electron chi connectivity index (χ1n) is 10.5. The predicted octanol–water partition coefficient (Wildman–Crippen LogP) is 3.07. The summed E-state index contributed by atoms with van der Waals surface area (Å²) < 4.78 is 28.3. The molecule has 1 fully saturated rings. The van der Waals surface area contributed by atoms with Gasteiger partial charge in [-0.25, -0.2) is 23.4 Å². The lowest BCUT2D eigenvalue weighted by atomic mass is 10.2. The largest absolute Gasteiger partial charge is 0.368 e. The Morgan fingerprint density at radius 1 is 0.970 bits per heavy atom. The number of carbonyl (C=O) groups excluding carboxylic acids is 1. The molecule has 4 aromatic rings. The van der Waals surface area contributed by atoms with E-state index < -0.39 is 17.5 Å². The van der Waals surface area contributed by atoms with Crippen LogP contribution in [0.2, 0.25) is 0 Å². The van der Waals surface area contributed by atoms with E-state index >= 15 is 0 Å². The number of halogens is 2. The predicted molar refractivity (Wildman–Crippen MR) is 121 cm³/mol. The minimum atomic E-state index is -0.840. The van der Waals surface area contributed by atoms with Crippen molar-refractivity contribution in [3.8, 4) is 0 Å². The third-order valence-corrected chi connectivity index (χ3v) is 5.61. The Balaban J connectivity index is 1.30. The number of para-hydroxylation sites is 1. The van der Waals surface area contributed by atoms with E-state index in [0.717, 1.165) is 49.5 Å². The Kier molecular flexibility index (Phi) is 5.55. The lowest BCUT2D eigenvalue weighted by Gasteiger charge is -2.36. The number of hydrogen-bond acceptors (Lipinski definition) is 6. The van der Waals surface area contributed by atoms with Crippen LogP contribution in [-0.2, 0) is 11.3 Å². The van der Waals surface area contributed by atoms with Crippen LogP contribution in [0.1, 0.15) is 0 Å². The first-order valence-corrected chi connectivity index (χ1v) is 10.5. The molecule has 3 heterocycles. The second kappa shape index (κ2) is 8.81. The standard InChI is InChI=1S/C23H21F2N7O/c24-16-6-7-20(19(25)12-16)29-21(33)14-32-23-18(13-28-32)22(26-15-27-23)31-10-8-30(9-11-31)17-4-2-1-3-5-17/h1-7,12-13,15H,8-11,14H2,(H,29,33). The van der Waals surface area contributed by atoms with Crippen molar-refractivity contribution < 1.29 is 13.6 Å². The fourth-order valence-corrected chi connectivity index (χ4v) is 3.98. The summed E-state index contributed by atoms with van der Waals surface area (Å²) in [6, 6.07) is 13.3. The molecular weight excluding hydrogens is 428 g/mol. The Morgan fingerprint density at radius 3 is 2.48 bits per heavy atom. The molecule has 2 aromatic heterocycles. The molecule has 5 rings (SSSR count). The van der Waals surface area contributed by atoms with Crippen LogP contribution in [-0.4, -0.2) is 51.8 Å². The summed E-state index contributed by atoms with van der Waals surface area (Å²) in [7, 11) is 0. The molecule has 1 N–H and O–H groups in total. The summed E-state index contributed by atoms with van der Waals surface area (Å²) in [6.45, 7) is 3.12. The highest BCUT2D eigenvalue weighted by molar-refractivity contribution is 5.92. The number of aromatic nitrogens is 4. The Labute approximate surface area is 188 Å². The van der Waals surface area contributed by atoms with Gasteiger partial charge in [0.05, 0.1) is 17.3 Å². The zero-order valence-corrected chi connectivity index (χ0v) is 17.7. The van der Waals surface area contributed by atoms with Gasteiger partial charge >= 0.3 is 0 Å². The second-order valence-corrected chi connectivity index (χ2v) is 7.72. The highest BCUT2D eigenvalue weighted by atomic mass is 19.1. The maximum absolute atomic E-state index is 13.8. The Hall–Kier alpha value is -4.08. The smallest absolute Gasteiger partial charge is 0.246 e. The van der Waals surface area contributed by atoms with E-state index in [-0.39, 0.29) is 12.2 Å². The first-order chi connectivity index (χ1) is 16.1. The van der Waals surface area contributed by atoms with Crippen LogP contribution in [0, 0.1) is 11.6 Å². The second-order valence-electron chi connectivity index (χ2n) is 7.72. The number of carbonyl (C=O) groups is 1. The summed E-state index contributed by atoms with van der Waals surface area (Å²) in [5.41, 5.74) is 1.62. The van der Waals surface area contributed by atoms with E-state index in [1.165, 1.54) is 22.8 Å². The van der Waals surface area contributed by atoms with E-state index in [9.17, 15) is 13.6 Å². The van der Waals surface area contributed by atoms with Crippen LogP contribution in [0.25, 0.3) is 11.0 Å². The van der Waals surface area contributed by atoms with E-state index in [1.807, 2.05) is 18.2 Å². The van der Waals surface area contributed by atoms with Gasteiger partial charge < -0.3 is 15.1 Å². The summed E-state index contributed by atoms with van der Waals surface area (Å²) in [5.74, 6) is -1.28. The van der Waals surface area contributed by atoms with Gasteiger partial charge in [-0.05, 0) is 24.3 Å². The summed E-state index contributed by atoms with van der Waals surface area (Å²) >= 11 is 0. The quantitative estimate of drug-likeness (QED) is 0.505. The molecule has 0 bridgehead atoms. The van der Waals surface area contributed by atoms with Crippen molar-refractivity contribution in [2.45, 2.75) is 6.54 Å². The molecule has 1 amide bonds. The number of nitrogens with zero attached hydrogens (tertiary/aromatic N) is 6. The SMILES string of the molecule is O=C(Cn1ncc2c(N3CCN(c4ccccc4)CC3)ncnc21)Nc1ccc(F)cc1F. The normalized spacial score (nSPS) is 14.0. The van der Waals surface area contributed by atoms with Gasteiger partial charge in [0.1, 0.15) is 30.3 Å². The van der Waals surface area contributed by atoms with Crippen molar-refractivity contribution in [1.29, 1.82) is 0 Å². The van der Waals surface area contributed by atoms with Gasteiger partial charge in [-0.3, -0.25) is 4.79 Å². The van der Waals surface area contributed by atoms with E-state index in [4.69, 9.17) is 0 Å². The van der Waals surface area contributed by atoms with Crippen LogP contribution in [0.5, 0.6) is 0 Å². The summed E-state index contributed by atoms with van der Waals surface area (Å²) in [6.07, 6.45) is 3.09. The molecule has 0 spiro atoms. The Bertz CT molecular complexity index is 1290. The molecule has 0 aliphatic carbocycles. The highest BCUT2D eigenvalue weighted by Gasteiger charge is 2.22. The molecule has 1 aliphatic heterocycles. The van der Waals surface area contributed by atoms with Crippen LogP contribution in [0.3, 0.4) is 0 Å². The number of amides is 1. The molecule has 2 aromatic carbocycles. The van der Waals surface area contributed by atoms with Gasteiger partial charge in [0, 0.05) is 37.9 Å². The van der Waals surface area contributed by atoms with Gasteiger partial charge in [0.15, 0.2) is 5.65 Å². The fraction of sp³-hybridized carbons (Fsp3) is 0.217. The number of benzene rings is 2. The van der Waals surface area contributed by atoms with E-state index in [0.29, 0.717) is 5.65 Å². The van der Waals surface area contributed by atoms with Gasteiger partial charge in [0.2, 0.25) is 5.91 Å². The van der Waals surface area contributed by atoms with E-state index in [1.54, 1.807) is 6.20 Å². The molecule has 1 saturated heterocycles. The van der Waals surface area contributed by atoms with Crippen molar-refractivity contribution in [3.63, 3.8) is 0 Å². The number of rotatable bonds is 5. The third kappa shape index (κ3) is 4.32. The van der Waals surface area contributed by atoms with Crippen molar-refractivity contribution in [2.75, 3.05) is 41.3 Å². The molecule has 1 aliphatic rings. The topological polar surface area (TPSA) is 79.2 Å². The fourth-order valence-electron chi connectivity index (χ4n) is 3.98. The summed E-state index contributed by atoms with van der Waals surface area (Å²) in [4.78, 5) is 25.7. The molecule has 10 heteroatoms. The van der Waals surface area contributed by atoms with Gasteiger partial charge in [-0.1, -0.05) is 18.2 Å². The average molecular weight is 449 g/mol. The number of hydrogen-bond donors (Lipinski definition) is 1. The minimum absolute atomic E-state index is 0.0931. The van der Waals surface area contributed by atoms with Crippen molar-refractivity contribution in [2.24, 2.45) is 0 Å². The van der Waals surface area contributed by atoms with E-state index in [2.05, 4.69) is 42.3 Å². The third-order valence-electron chi connectivity index (χ3n) is 5.61. The first kappa shape index (κ1) is 20.8. The monoisotopic (exact) mass is 449 g/mol. The zero-order chi connectivity index (χ0) is 22.8. The van der Waals surface area contributed by atoms with Crippen LogP contribution in [0.15, 0.2) is 61.1 Å². The zero-order valence-electron chi connectivity index (χ0n) is 17.7. The molecule has 33 heavy (non-hydrogen) atoms. The lowest BCUT2D eigenvalue weighted by Crippen LogP contribution is -2.46. The van der Waals surface area contributed by atoms with Gasteiger partial charge in [-0.2, -0.15) is 5.10 Å². The van der Waals surface area contributed by atoms with Gasteiger partial charge in [-0.15, -0.1) is 0 Å². The molecule has 0 unspecified atom stereocenters. The number of fused-ring (bicyclic) bond motifs is 1. The molecule has 0 radical (unpaired) electrons. The molecule has 168 valence electrons. The molecular formula is C23H21F2N7O. The number of nitrogens with one attached hydrogen (secondary N) is 1. The van der Waals surface area contributed by atoms with Crippen LogP contribution in [0.4, 0.5) is 26.0 Å². The maximum Gasteiger partial charge on any atom is 0.246 e. The summed E-state index contributed by atoms with van der Waals surface area (Å²) in [5, 5.41) is 7.47. The molecule has 0 atom stereocenters. The van der Waals surface area contributed by atoms with Crippen LogP contribution < -0.4 is 15.1 Å². The number of anilines is 3. The van der Waals surface area contributed by atoms with Gasteiger partial charge in [0.25, 0.3) is 0 Å². The Morgan fingerprint density at radius 2 is 1.73 bits per heavy atom. The van der Waals surface area contributed by atoms with Crippen molar-refractivity contribution in [3.05, 3.63) is 72.7 Å². The lowest BCUT2D eigenvalue weighted by molar-refractivity contribution is -0.116. The van der Waals surface area contributed by atoms with Crippen molar-refractivity contribution in [1.82, 2.24) is 19.7 Å². The van der Waals surface area contributed by atoms with Crippen LogP contribution >= 0.6 is 0 Å². The molecule has 0 saturated carbocycles. The maximum atomic E-state index is 13.8.